The summed E-state index contributed by atoms with van der Waals surface area (Å²) in [6, 6.07) is 15.4. The highest BCUT2D eigenvalue weighted by molar-refractivity contribution is 5.15. The Bertz CT molecular complexity index is 467. The molecule has 0 saturated heterocycles. The van der Waals surface area contributed by atoms with Crippen molar-refractivity contribution in [2.24, 2.45) is 0 Å². The van der Waals surface area contributed by atoms with Crippen molar-refractivity contribution in [3.05, 3.63) is 66.0 Å². The lowest BCUT2D eigenvalue weighted by Crippen LogP contribution is -2.32. The fourth-order valence-corrected chi connectivity index (χ4v) is 2.41. The quantitative estimate of drug-likeness (QED) is 0.791. The van der Waals surface area contributed by atoms with Crippen molar-refractivity contribution in [2.75, 3.05) is 6.54 Å². The molecule has 20 heavy (non-hydrogen) atoms. The first-order valence-electron chi connectivity index (χ1n) is 7.54. The summed E-state index contributed by atoms with van der Waals surface area (Å²) in [5.74, 6) is 0. The first-order valence-corrected chi connectivity index (χ1v) is 7.54. The minimum Gasteiger partial charge on any atom is -0.314 e. The van der Waals surface area contributed by atoms with Crippen LogP contribution >= 0.6 is 0 Å². The van der Waals surface area contributed by atoms with Gasteiger partial charge < -0.3 is 5.32 Å². The highest BCUT2D eigenvalue weighted by Gasteiger charge is 2.09. The van der Waals surface area contributed by atoms with E-state index in [9.17, 15) is 0 Å². The topological polar surface area (TPSA) is 24.9 Å². The fourth-order valence-electron chi connectivity index (χ4n) is 2.41. The van der Waals surface area contributed by atoms with Crippen LogP contribution in [0.3, 0.4) is 0 Å². The minimum absolute atomic E-state index is 0.527. The molecule has 0 aliphatic heterocycles. The van der Waals surface area contributed by atoms with E-state index in [1.807, 2.05) is 18.5 Å². The van der Waals surface area contributed by atoms with E-state index in [2.05, 4.69) is 53.6 Å². The molecule has 2 nitrogen and oxygen atoms in total. The predicted molar refractivity (Wildman–Crippen MR) is 84.8 cm³/mol. The van der Waals surface area contributed by atoms with Crippen LogP contribution in [0, 0.1) is 0 Å². The average Bonchev–Trinajstić information content (AvgIpc) is 2.52. The number of benzene rings is 1. The van der Waals surface area contributed by atoms with Crippen molar-refractivity contribution >= 4 is 0 Å². The third-order valence-electron chi connectivity index (χ3n) is 3.51. The summed E-state index contributed by atoms with van der Waals surface area (Å²) in [6.45, 7) is 3.30. The van der Waals surface area contributed by atoms with Crippen LogP contribution in [0.15, 0.2) is 54.9 Å². The summed E-state index contributed by atoms with van der Waals surface area (Å²) in [6.07, 6.45) is 8.34. The van der Waals surface area contributed by atoms with Crippen LogP contribution in [0.4, 0.5) is 0 Å². The van der Waals surface area contributed by atoms with Crippen LogP contribution in [-0.2, 0) is 12.8 Å². The first-order chi connectivity index (χ1) is 9.88. The van der Waals surface area contributed by atoms with Crippen LogP contribution in [0.2, 0.25) is 0 Å². The van der Waals surface area contributed by atoms with Crippen molar-refractivity contribution in [2.45, 2.75) is 38.6 Å². The molecule has 1 N–H and O–H groups in total. The van der Waals surface area contributed by atoms with Crippen LogP contribution < -0.4 is 5.32 Å². The van der Waals surface area contributed by atoms with Gasteiger partial charge >= 0.3 is 0 Å². The fraction of sp³-hybridized carbons (Fsp3) is 0.389. The summed E-state index contributed by atoms with van der Waals surface area (Å²) in [4.78, 5) is 4.21. The molecule has 2 rings (SSSR count). The first kappa shape index (κ1) is 14.7. The van der Waals surface area contributed by atoms with Crippen LogP contribution in [0.1, 0.15) is 30.9 Å². The van der Waals surface area contributed by atoms with Gasteiger partial charge in [-0.2, -0.15) is 0 Å². The summed E-state index contributed by atoms with van der Waals surface area (Å²) >= 11 is 0. The van der Waals surface area contributed by atoms with E-state index in [1.165, 1.54) is 24.0 Å². The Morgan fingerprint density at radius 3 is 2.55 bits per heavy atom. The molecule has 0 radical (unpaired) electrons. The molecular weight excluding hydrogens is 244 g/mol. The molecule has 1 aromatic carbocycles. The molecule has 0 saturated carbocycles. The van der Waals surface area contributed by atoms with E-state index < -0.39 is 0 Å². The minimum atomic E-state index is 0.527. The molecule has 1 aromatic heterocycles. The van der Waals surface area contributed by atoms with Gasteiger partial charge in [0.2, 0.25) is 0 Å². The summed E-state index contributed by atoms with van der Waals surface area (Å²) in [7, 11) is 0. The zero-order valence-corrected chi connectivity index (χ0v) is 12.3. The molecule has 0 aliphatic rings. The zero-order chi connectivity index (χ0) is 14.0. The monoisotopic (exact) mass is 268 g/mol. The standard InChI is InChI=1S/C18H24N2/c1-2-12-20-18(14-17-9-6-13-19-15-17)11-10-16-7-4-3-5-8-16/h3-9,13,15,18,20H,2,10-12,14H2,1H3. The van der Waals surface area contributed by atoms with E-state index in [0.29, 0.717) is 6.04 Å². The molecule has 2 heteroatoms. The number of pyridine rings is 1. The predicted octanol–water partition coefficient (Wildman–Crippen LogP) is 3.63. The molecule has 1 heterocycles. The van der Waals surface area contributed by atoms with Gasteiger partial charge in [0, 0.05) is 18.4 Å². The van der Waals surface area contributed by atoms with Gasteiger partial charge in [-0.1, -0.05) is 43.3 Å². The van der Waals surface area contributed by atoms with Gasteiger partial charge in [-0.15, -0.1) is 0 Å². The lowest BCUT2D eigenvalue weighted by molar-refractivity contribution is 0.477. The van der Waals surface area contributed by atoms with Gasteiger partial charge in [-0.05, 0) is 49.4 Å². The maximum atomic E-state index is 4.21. The number of rotatable bonds is 8. The highest BCUT2D eigenvalue weighted by Crippen LogP contribution is 2.09. The number of aryl methyl sites for hydroxylation is 1. The summed E-state index contributed by atoms with van der Waals surface area (Å²) < 4.78 is 0. The Kier molecular flexibility index (Phi) is 6.25. The Hall–Kier alpha value is -1.67. The van der Waals surface area contributed by atoms with Crippen molar-refractivity contribution < 1.29 is 0 Å². The molecule has 0 fully saturated rings. The lowest BCUT2D eigenvalue weighted by Gasteiger charge is -2.18. The average molecular weight is 268 g/mol. The summed E-state index contributed by atoms with van der Waals surface area (Å²) in [5.41, 5.74) is 2.73. The van der Waals surface area contributed by atoms with Crippen molar-refractivity contribution in [3.63, 3.8) is 0 Å². The second kappa shape index (κ2) is 8.49. The number of nitrogens with one attached hydrogen (secondary N) is 1. The molecule has 0 aliphatic carbocycles. The van der Waals surface area contributed by atoms with Gasteiger partial charge in [0.15, 0.2) is 0 Å². The van der Waals surface area contributed by atoms with E-state index in [0.717, 1.165) is 19.4 Å². The van der Waals surface area contributed by atoms with Crippen LogP contribution in [0.25, 0.3) is 0 Å². The Morgan fingerprint density at radius 1 is 1.05 bits per heavy atom. The number of hydrogen-bond acceptors (Lipinski definition) is 2. The Labute approximate surface area is 122 Å². The Balaban J connectivity index is 1.89. The third-order valence-corrected chi connectivity index (χ3v) is 3.51. The maximum absolute atomic E-state index is 4.21. The second-order valence-corrected chi connectivity index (χ2v) is 5.24. The van der Waals surface area contributed by atoms with Crippen LogP contribution in [0.5, 0.6) is 0 Å². The van der Waals surface area contributed by atoms with E-state index in [4.69, 9.17) is 0 Å². The molecule has 0 bridgehead atoms. The number of nitrogens with zero attached hydrogens (tertiary/aromatic N) is 1. The summed E-state index contributed by atoms with van der Waals surface area (Å²) in [5, 5.41) is 3.66. The lowest BCUT2D eigenvalue weighted by atomic mass is 10.00. The highest BCUT2D eigenvalue weighted by atomic mass is 14.9. The smallest absolute Gasteiger partial charge is 0.0300 e. The molecular formula is C18H24N2. The van der Waals surface area contributed by atoms with Crippen LogP contribution in [-0.4, -0.2) is 17.6 Å². The zero-order valence-electron chi connectivity index (χ0n) is 12.3. The number of aromatic nitrogens is 1. The van der Waals surface area contributed by atoms with Crippen molar-refractivity contribution in [1.29, 1.82) is 0 Å². The molecule has 1 atom stereocenters. The van der Waals surface area contributed by atoms with Gasteiger partial charge in [0.05, 0.1) is 0 Å². The largest absolute Gasteiger partial charge is 0.314 e. The van der Waals surface area contributed by atoms with Crippen molar-refractivity contribution in [1.82, 2.24) is 10.3 Å². The molecule has 0 amide bonds. The van der Waals surface area contributed by atoms with Gasteiger partial charge in [0.25, 0.3) is 0 Å². The SMILES string of the molecule is CCCNC(CCc1ccccc1)Cc1cccnc1. The number of hydrogen-bond donors (Lipinski definition) is 1. The van der Waals surface area contributed by atoms with Crippen molar-refractivity contribution in [3.8, 4) is 0 Å². The third kappa shape index (κ3) is 5.14. The molecule has 2 aromatic rings. The van der Waals surface area contributed by atoms with E-state index in [-0.39, 0.29) is 0 Å². The van der Waals surface area contributed by atoms with Gasteiger partial charge in [0.1, 0.15) is 0 Å². The normalized spacial score (nSPS) is 12.2. The van der Waals surface area contributed by atoms with Gasteiger partial charge in [-0.25, -0.2) is 0 Å². The molecule has 106 valence electrons. The van der Waals surface area contributed by atoms with Gasteiger partial charge in [-0.3, -0.25) is 4.98 Å². The molecule has 0 spiro atoms. The second-order valence-electron chi connectivity index (χ2n) is 5.24. The molecule has 1 unspecified atom stereocenters. The Morgan fingerprint density at radius 2 is 1.85 bits per heavy atom. The van der Waals surface area contributed by atoms with E-state index in [1.54, 1.807) is 0 Å². The maximum Gasteiger partial charge on any atom is 0.0300 e. The van der Waals surface area contributed by atoms with E-state index >= 15 is 0 Å².